The van der Waals surface area contributed by atoms with Gasteiger partial charge in [0.1, 0.15) is 0 Å². The quantitative estimate of drug-likeness (QED) is 0.385. The molecule has 0 unspecified atom stereocenters. The second kappa shape index (κ2) is 22.5. The first-order chi connectivity index (χ1) is 2.27. The second-order valence-corrected chi connectivity index (χ2v) is 0.598. The Morgan fingerprint density at radius 3 is 1.44 bits per heavy atom. The standard InChI is InChI=1S/C2H5NO2.4Na.4H/c3-1-2(4)5;;;;;;;;/h1,3H2,(H,4,5);;;;;;;;/q;4*+1;4*-1. The van der Waals surface area contributed by atoms with Gasteiger partial charge >= 0.3 is 124 Å². The molecule has 0 spiro atoms. The van der Waals surface area contributed by atoms with Crippen LogP contribution in [0.4, 0.5) is 0 Å². The minimum atomic E-state index is -0.968. The molecule has 0 heterocycles. The van der Waals surface area contributed by atoms with Crippen molar-refractivity contribution in [3.63, 3.8) is 0 Å². The molecule has 38 valence electrons. The van der Waals surface area contributed by atoms with Gasteiger partial charge in [0.05, 0.1) is 6.54 Å². The topological polar surface area (TPSA) is 63.3 Å². The van der Waals surface area contributed by atoms with Crippen LogP contribution in [0.3, 0.4) is 0 Å². The number of hydrogen-bond donors (Lipinski definition) is 2. The van der Waals surface area contributed by atoms with Gasteiger partial charge in [0.25, 0.3) is 0 Å². The van der Waals surface area contributed by atoms with Crippen LogP contribution in [0.25, 0.3) is 0 Å². The molecular formula is C2H9NNa4O2. The van der Waals surface area contributed by atoms with Crippen LogP contribution in [0.15, 0.2) is 0 Å². The molecule has 0 fully saturated rings. The fourth-order valence-corrected chi connectivity index (χ4v) is 0. The molecule has 0 aromatic carbocycles. The van der Waals surface area contributed by atoms with Gasteiger partial charge in [0.15, 0.2) is 0 Å². The fourth-order valence-electron chi connectivity index (χ4n) is 0. The van der Waals surface area contributed by atoms with E-state index in [0.29, 0.717) is 0 Å². The summed E-state index contributed by atoms with van der Waals surface area (Å²) in [5.74, 6) is -0.968. The molecule has 0 bridgehead atoms. The summed E-state index contributed by atoms with van der Waals surface area (Å²) < 4.78 is 0. The number of aliphatic carboxylic acids is 1. The molecule has 0 amide bonds. The molecule has 0 saturated heterocycles. The van der Waals surface area contributed by atoms with Gasteiger partial charge in [-0.2, -0.15) is 0 Å². The SMILES string of the molecule is NCC(=O)O.[H-].[H-].[H-].[H-].[Na+].[Na+].[Na+].[Na+]. The average molecular weight is 171 g/mol. The molecule has 3 nitrogen and oxygen atoms in total. The minimum Gasteiger partial charge on any atom is -1.00 e. The second-order valence-electron chi connectivity index (χ2n) is 0.598. The van der Waals surface area contributed by atoms with Gasteiger partial charge in [-0.1, -0.05) is 0 Å². The molecule has 0 atom stereocenters. The van der Waals surface area contributed by atoms with Crippen molar-refractivity contribution in [1.82, 2.24) is 0 Å². The Balaban J connectivity index is -0.00000000286. The zero-order valence-electron chi connectivity index (χ0n) is 10.6. The Labute approximate surface area is 149 Å². The Hall–Kier alpha value is 3.43. The summed E-state index contributed by atoms with van der Waals surface area (Å²) in [4.78, 5) is 9.24. The summed E-state index contributed by atoms with van der Waals surface area (Å²) in [5.41, 5.74) is 4.57. The molecule has 0 rings (SSSR count). The summed E-state index contributed by atoms with van der Waals surface area (Å²) in [5, 5.41) is 7.60. The van der Waals surface area contributed by atoms with E-state index in [-0.39, 0.29) is 130 Å². The molecule has 3 N–H and O–H groups in total. The molecule has 0 aromatic rings. The van der Waals surface area contributed by atoms with E-state index in [4.69, 9.17) is 5.11 Å². The van der Waals surface area contributed by atoms with Crippen molar-refractivity contribution in [3.8, 4) is 0 Å². The van der Waals surface area contributed by atoms with Crippen molar-refractivity contribution in [2.45, 2.75) is 0 Å². The zero-order chi connectivity index (χ0) is 4.28. The molecule has 0 aromatic heterocycles. The van der Waals surface area contributed by atoms with Crippen LogP contribution in [0.2, 0.25) is 0 Å². The van der Waals surface area contributed by atoms with Gasteiger partial charge in [-0.05, 0) is 0 Å². The summed E-state index contributed by atoms with van der Waals surface area (Å²) in [7, 11) is 0. The van der Waals surface area contributed by atoms with Gasteiger partial charge < -0.3 is 16.5 Å². The number of carboxylic acids is 1. The third-order valence-corrected chi connectivity index (χ3v) is 0.175. The Bertz CT molecular complexity index is 63.4. The van der Waals surface area contributed by atoms with E-state index in [0.717, 1.165) is 0 Å². The molecule has 0 aliphatic heterocycles. The van der Waals surface area contributed by atoms with Crippen LogP contribution in [0.1, 0.15) is 5.71 Å². The zero-order valence-corrected chi connectivity index (χ0v) is 14.6. The van der Waals surface area contributed by atoms with Crippen LogP contribution in [-0.4, -0.2) is 17.6 Å². The first-order valence-electron chi connectivity index (χ1n) is 1.19. The van der Waals surface area contributed by atoms with E-state index in [1.54, 1.807) is 0 Å². The summed E-state index contributed by atoms with van der Waals surface area (Å²) >= 11 is 0. The largest absolute Gasteiger partial charge is 1.00 e. The van der Waals surface area contributed by atoms with Crippen LogP contribution in [0.5, 0.6) is 0 Å². The number of carbonyl (C=O) groups is 1. The van der Waals surface area contributed by atoms with E-state index in [1.807, 2.05) is 0 Å². The maximum Gasteiger partial charge on any atom is 1.00 e. The van der Waals surface area contributed by atoms with Crippen molar-refractivity contribution in [1.29, 1.82) is 0 Å². The molecule has 0 aliphatic rings. The van der Waals surface area contributed by atoms with Crippen molar-refractivity contribution in [2.24, 2.45) is 5.73 Å². The van der Waals surface area contributed by atoms with Crippen LogP contribution >= 0.6 is 0 Å². The Morgan fingerprint density at radius 2 is 1.44 bits per heavy atom. The van der Waals surface area contributed by atoms with Crippen molar-refractivity contribution < 1.29 is 134 Å². The van der Waals surface area contributed by atoms with Crippen LogP contribution in [0, 0.1) is 0 Å². The average Bonchev–Trinajstić information content (AvgIpc) is 1.38. The maximum atomic E-state index is 9.24. The Kier molecular flexibility index (Phi) is 73.6. The number of nitrogens with two attached hydrogens (primary N) is 1. The predicted octanol–water partition coefficient (Wildman–Crippen LogP) is -12.5. The van der Waals surface area contributed by atoms with Crippen molar-refractivity contribution >= 4 is 5.97 Å². The van der Waals surface area contributed by atoms with E-state index in [1.165, 1.54) is 0 Å². The summed E-state index contributed by atoms with van der Waals surface area (Å²) in [6.07, 6.45) is 0. The smallest absolute Gasteiger partial charge is 1.00 e. The number of hydrogen-bond acceptors (Lipinski definition) is 2. The van der Waals surface area contributed by atoms with E-state index >= 15 is 0 Å². The van der Waals surface area contributed by atoms with Gasteiger partial charge in [-0.25, -0.2) is 0 Å². The number of rotatable bonds is 1. The molecule has 0 aliphatic carbocycles. The monoisotopic (exact) mass is 171 g/mol. The molecular weight excluding hydrogens is 162 g/mol. The van der Waals surface area contributed by atoms with Gasteiger partial charge in [-0.15, -0.1) is 0 Å². The van der Waals surface area contributed by atoms with Crippen molar-refractivity contribution in [2.75, 3.05) is 6.54 Å². The first-order valence-corrected chi connectivity index (χ1v) is 1.19. The first kappa shape index (κ1) is 29.4. The third kappa shape index (κ3) is 34.5. The van der Waals surface area contributed by atoms with Gasteiger partial charge in [-0.3, -0.25) is 4.79 Å². The normalized spacial score (nSPS) is 4.11. The third-order valence-electron chi connectivity index (χ3n) is 0.175. The summed E-state index contributed by atoms with van der Waals surface area (Å²) in [6, 6.07) is 0. The Morgan fingerprint density at radius 1 is 1.33 bits per heavy atom. The number of carboxylic acid groups (broad SMARTS) is 1. The molecule has 0 saturated carbocycles. The fraction of sp³-hybridized carbons (Fsp3) is 0.500. The molecule has 7 heteroatoms. The van der Waals surface area contributed by atoms with E-state index < -0.39 is 5.97 Å². The van der Waals surface area contributed by atoms with E-state index in [2.05, 4.69) is 5.73 Å². The maximum absolute atomic E-state index is 9.24. The molecule has 9 heavy (non-hydrogen) atoms. The predicted molar refractivity (Wildman–Crippen MR) is 21.1 cm³/mol. The van der Waals surface area contributed by atoms with Gasteiger partial charge in [0, 0.05) is 0 Å². The van der Waals surface area contributed by atoms with Crippen LogP contribution in [-0.2, 0) is 4.79 Å². The van der Waals surface area contributed by atoms with Crippen molar-refractivity contribution in [3.05, 3.63) is 0 Å². The molecule has 0 radical (unpaired) electrons. The summed E-state index contributed by atoms with van der Waals surface area (Å²) in [6.45, 7) is -0.278. The van der Waals surface area contributed by atoms with Gasteiger partial charge in [0.2, 0.25) is 0 Å². The van der Waals surface area contributed by atoms with E-state index in [9.17, 15) is 4.79 Å². The minimum absolute atomic E-state index is 0. The van der Waals surface area contributed by atoms with Crippen LogP contribution < -0.4 is 124 Å².